The summed E-state index contributed by atoms with van der Waals surface area (Å²) in [6.45, 7) is 7.54. The van der Waals surface area contributed by atoms with Crippen LogP contribution in [0, 0.1) is 5.92 Å². The third-order valence-corrected chi connectivity index (χ3v) is 3.35. The van der Waals surface area contributed by atoms with Gasteiger partial charge in [-0.25, -0.2) is 10.8 Å². The first-order valence-electron chi connectivity index (χ1n) is 7.22. The number of hydrogen-bond acceptors (Lipinski definition) is 4. The van der Waals surface area contributed by atoms with Crippen LogP contribution in [0.3, 0.4) is 0 Å². The first-order valence-corrected chi connectivity index (χ1v) is 7.22. The zero-order valence-electron chi connectivity index (χ0n) is 12.8. The van der Waals surface area contributed by atoms with Gasteiger partial charge in [0.2, 0.25) is 0 Å². The molecule has 2 rings (SSSR count). The zero-order valence-corrected chi connectivity index (χ0v) is 12.8. The quantitative estimate of drug-likeness (QED) is 0.655. The molecule has 0 spiro atoms. The van der Waals surface area contributed by atoms with Crippen LogP contribution in [-0.4, -0.2) is 28.9 Å². The standard InChI is InChI=1S/C16H22N4O/c1-4-20(10-11(2)3)16(21)14-9-12-7-5-6-8-13(12)15(18-14)19-17/h5-9,11H,4,10,17H2,1-3H3,(H,18,19). The van der Waals surface area contributed by atoms with Crippen molar-refractivity contribution >= 4 is 22.5 Å². The number of amides is 1. The second-order valence-electron chi connectivity index (χ2n) is 5.46. The Bertz CT molecular complexity index is 639. The molecule has 0 fully saturated rings. The Morgan fingerprint density at radius 1 is 1.38 bits per heavy atom. The van der Waals surface area contributed by atoms with E-state index >= 15 is 0 Å². The van der Waals surface area contributed by atoms with Gasteiger partial charge in [-0.1, -0.05) is 38.1 Å². The van der Waals surface area contributed by atoms with Gasteiger partial charge in [0.05, 0.1) is 0 Å². The summed E-state index contributed by atoms with van der Waals surface area (Å²) in [7, 11) is 0. The number of nitrogen functional groups attached to an aromatic ring is 1. The van der Waals surface area contributed by atoms with Crippen LogP contribution in [0.4, 0.5) is 5.82 Å². The lowest BCUT2D eigenvalue weighted by atomic mass is 10.1. The van der Waals surface area contributed by atoms with Crippen molar-refractivity contribution in [1.82, 2.24) is 9.88 Å². The number of anilines is 1. The average Bonchev–Trinajstić information content (AvgIpc) is 2.50. The predicted octanol–water partition coefficient (Wildman–Crippen LogP) is 2.64. The van der Waals surface area contributed by atoms with Gasteiger partial charge >= 0.3 is 0 Å². The van der Waals surface area contributed by atoms with Crippen LogP contribution in [0.1, 0.15) is 31.3 Å². The number of nitrogens with one attached hydrogen (secondary N) is 1. The Morgan fingerprint density at radius 3 is 2.71 bits per heavy atom. The van der Waals surface area contributed by atoms with Crippen LogP contribution in [-0.2, 0) is 0 Å². The smallest absolute Gasteiger partial charge is 0.272 e. The van der Waals surface area contributed by atoms with Crippen LogP contribution >= 0.6 is 0 Å². The second kappa shape index (κ2) is 6.54. The number of hydrazine groups is 1. The molecule has 0 aliphatic rings. The van der Waals surface area contributed by atoms with Crippen molar-refractivity contribution in [3.63, 3.8) is 0 Å². The van der Waals surface area contributed by atoms with Crippen LogP contribution in [0.5, 0.6) is 0 Å². The summed E-state index contributed by atoms with van der Waals surface area (Å²) in [6.07, 6.45) is 0. The van der Waals surface area contributed by atoms with Gasteiger partial charge < -0.3 is 10.3 Å². The van der Waals surface area contributed by atoms with Crippen molar-refractivity contribution in [3.05, 3.63) is 36.0 Å². The van der Waals surface area contributed by atoms with Crippen molar-refractivity contribution in [1.29, 1.82) is 0 Å². The molecule has 3 N–H and O–H groups in total. The van der Waals surface area contributed by atoms with E-state index < -0.39 is 0 Å². The van der Waals surface area contributed by atoms with Crippen molar-refractivity contribution in [3.8, 4) is 0 Å². The van der Waals surface area contributed by atoms with E-state index in [0.717, 1.165) is 17.3 Å². The number of nitrogens with zero attached hydrogens (tertiary/aromatic N) is 2. The van der Waals surface area contributed by atoms with Crippen molar-refractivity contribution in [2.75, 3.05) is 18.5 Å². The molecule has 0 saturated carbocycles. The number of hydrogen-bond donors (Lipinski definition) is 2. The summed E-state index contributed by atoms with van der Waals surface area (Å²) in [5.41, 5.74) is 3.00. The van der Waals surface area contributed by atoms with Gasteiger partial charge in [-0.15, -0.1) is 0 Å². The number of carbonyl (C=O) groups excluding carboxylic acids is 1. The summed E-state index contributed by atoms with van der Waals surface area (Å²) in [6, 6.07) is 9.55. The number of carbonyl (C=O) groups is 1. The fourth-order valence-electron chi connectivity index (χ4n) is 2.38. The van der Waals surface area contributed by atoms with Crippen LogP contribution in [0.15, 0.2) is 30.3 Å². The molecule has 5 heteroatoms. The van der Waals surface area contributed by atoms with E-state index in [1.54, 1.807) is 0 Å². The SMILES string of the molecule is CCN(CC(C)C)C(=O)c1cc2ccccc2c(NN)n1. The van der Waals surface area contributed by atoms with Gasteiger partial charge in [0.25, 0.3) is 5.91 Å². The lowest BCUT2D eigenvalue weighted by Gasteiger charge is -2.23. The molecule has 21 heavy (non-hydrogen) atoms. The molecule has 1 aromatic heterocycles. The summed E-state index contributed by atoms with van der Waals surface area (Å²) < 4.78 is 0. The van der Waals surface area contributed by atoms with Gasteiger partial charge in [-0.2, -0.15) is 0 Å². The normalized spacial score (nSPS) is 10.9. The van der Waals surface area contributed by atoms with E-state index in [1.165, 1.54) is 0 Å². The van der Waals surface area contributed by atoms with E-state index in [-0.39, 0.29) is 5.91 Å². The molecule has 0 radical (unpaired) electrons. The van der Waals surface area contributed by atoms with E-state index in [0.29, 0.717) is 24.0 Å². The van der Waals surface area contributed by atoms with Crippen molar-refractivity contribution in [2.24, 2.45) is 11.8 Å². The highest BCUT2D eigenvalue weighted by Crippen LogP contribution is 2.22. The van der Waals surface area contributed by atoms with E-state index in [9.17, 15) is 4.79 Å². The molecule has 0 unspecified atom stereocenters. The molecule has 0 atom stereocenters. The van der Waals surface area contributed by atoms with Gasteiger partial charge in [0.15, 0.2) is 0 Å². The molecule has 0 saturated heterocycles. The third-order valence-electron chi connectivity index (χ3n) is 3.35. The van der Waals surface area contributed by atoms with E-state index in [1.807, 2.05) is 42.2 Å². The lowest BCUT2D eigenvalue weighted by Crippen LogP contribution is -2.34. The van der Waals surface area contributed by atoms with Crippen LogP contribution in [0.2, 0.25) is 0 Å². The first-order chi connectivity index (χ1) is 10.1. The molecule has 0 aliphatic carbocycles. The monoisotopic (exact) mass is 286 g/mol. The Kier molecular flexibility index (Phi) is 4.75. The lowest BCUT2D eigenvalue weighted by molar-refractivity contribution is 0.0740. The minimum absolute atomic E-state index is 0.0616. The van der Waals surface area contributed by atoms with E-state index in [2.05, 4.69) is 24.3 Å². The highest BCUT2D eigenvalue weighted by molar-refractivity contribution is 6.00. The van der Waals surface area contributed by atoms with Gasteiger partial charge in [-0.3, -0.25) is 4.79 Å². The highest BCUT2D eigenvalue weighted by atomic mass is 16.2. The highest BCUT2D eigenvalue weighted by Gasteiger charge is 2.18. The topological polar surface area (TPSA) is 71.2 Å². The Balaban J connectivity index is 2.43. The summed E-state index contributed by atoms with van der Waals surface area (Å²) in [5.74, 6) is 6.42. The largest absolute Gasteiger partial charge is 0.337 e. The molecule has 5 nitrogen and oxygen atoms in total. The minimum Gasteiger partial charge on any atom is -0.337 e. The summed E-state index contributed by atoms with van der Waals surface area (Å²) >= 11 is 0. The molecule has 1 heterocycles. The van der Waals surface area contributed by atoms with Crippen molar-refractivity contribution < 1.29 is 4.79 Å². The summed E-state index contributed by atoms with van der Waals surface area (Å²) in [4.78, 5) is 18.8. The molecular weight excluding hydrogens is 264 g/mol. The number of aromatic nitrogens is 1. The maximum absolute atomic E-state index is 12.6. The average molecular weight is 286 g/mol. The molecule has 1 amide bonds. The van der Waals surface area contributed by atoms with E-state index in [4.69, 9.17) is 5.84 Å². The first kappa shape index (κ1) is 15.3. The number of nitrogens with two attached hydrogens (primary N) is 1. The molecular formula is C16H22N4O. The molecule has 0 bridgehead atoms. The predicted molar refractivity (Wildman–Crippen MR) is 86.0 cm³/mol. The second-order valence-corrected chi connectivity index (χ2v) is 5.46. The minimum atomic E-state index is -0.0616. The number of benzene rings is 1. The fourth-order valence-corrected chi connectivity index (χ4v) is 2.38. The van der Waals surface area contributed by atoms with Crippen molar-refractivity contribution in [2.45, 2.75) is 20.8 Å². The number of fused-ring (bicyclic) bond motifs is 1. The Labute approximate surface area is 125 Å². The molecule has 2 aromatic rings. The fraction of sp³-hybridized carbons (Fsp3) is 0.375. The summed E-state index contributed by atoms with van der Waals surface area (Å²) in [5, 5.41) is 1.85. The maximum atomic E-state index is 12.6. The maximum Gasteiger partial charge on any atom is 0.272 e. The van der Waals surface area contributed by atoms with Gasteiger partial charge in [-0.05, 0) is 24.3 Å². The molecule has 112 valence electrons. The third kappa shape index (κ3) is 3.31. The number of rotatable bonds is 5. The molecule has 0 aliphatic heterocycles. The number of pyridine rings is 1. The Hall–Kier alpha value is -2.14. The molecule has 1 aromatic carbocycles. The zero-order chi connectivity index (χ0) is 15.4. The van der Waals surface area contributed by atoms with Gasteiger partial charge in [0.1, 0.15) is 11.5 Å². The van der Waals surface area contributed by atoms with Gasteiger partial charge in [0, 0.05) is 18.5 Å². The van der Waals surface area contributed by atoms with Crippen LogP contribution in [0.25, 0.3) is 10.8 Å². The van der Waals surface area contributed by atoms with Crippen LogP contribution < -0.4 is 11.3 Å². The Morgan fingerprint density at radius 2 is 2.10 bits per heavy atom.